The van der Waals surface area contributed by atoms with Crippen molar-refractivity contribution in [3.63, 3.8) is 0 Å². The fourth-order valence-electron chi connectivity index (χ4n) is 2.54. The molecule has 0 atom stereocenters. The van der Waals surface area contributed by atoms with Crippen LogP contribution in [-0.4, -0.2) is 31.0 Å². The van der Waals surface area contributed by atoms with E-state index in [4.69, 9.17) is 9.47 Å². The number of hydrogen-bond acceptors (Lipinski definition) is 3. The summed E-state index contributed by atoms with van der Waals surface area (Å²) >= 11 is 0. The van der Waals surface area contributed by atoms with Gasteiger partial charge in [-0.15, -0.1) is 0 Å². The van der Waals surface area contributed by atoms with Crippen LogP contribution in [0.15, 0.2) is 48.5 Å². The lowest BCUT2D eigenvalue weighted by Gasteiger charge is -2.31. The molecule has 4 heteroatoms. The zero-order chi connectivity index (χ0) is 16.1. The number of carbonyl (C=O) groups excluding carboxylic acids is 1. The zero-order valence-electron chi connectivity index (χ0n) is 13.3. The Hall–Kier alpha value is -2.49. The minimum Gasteiger partial charge on any atom is -0.496 e. The van der Waals surface area contributed by atoms with Gasteiger partial charge in [0.05, 0.1) is 13.5 Å². The Morgan fingerprint density at radius 1 is 1.13 bits per heavy atom. The van der Waals surface area contributed by atoms with Gasteiger partial charge in [-0.25, -0.2) is 0 Å². The molecule has 0 saturated carbocycles. The number of rotatable bonds is 6. The Morgan fingerprint density at radius 2 is 1.91 bits per heavy atom. The number of hydrogen-bond donors (Lipinski definition) is 0. The largest absolute Gasteiger partial charge is 0.496 e. The predicted molar refractivity (Wildman–Crippen MR) is 88.7 cm³/mol. The third kappa shape index (κ3) is 3.83. The highest BCUT2D eigenvalue weighted by Crippen LogP contribution is 2.26. The summed E-state index contributed by atoms with van der Waals surface area (Å²) in [6.45, 7) is 2.26. The van der Waals surface area contributed by atoms with Crippen LogP contribution in [0.1, 0.15) is 17.5 Å². The number of carbonyl (C=O) groups is 1. The van der Waals surface area contributed by atoms with Crippen molar-refractivity contribution in [1.29, 1.82) is 0 Å². The first kappa shape index (κ1) is 15.4. The Labute approximate surface area is 136 Å². The third-order valence-electron chi connectivity index (χ3n) is 4.06. The maximum Gasteiger partial charge on any atom is 0.227 e. The van der Waals surface area contributed by atoms with E-state index >= 15 is 0 Å². The Kier molecular flexibility index (Phi) is 4.81. The molecule has 0 bridgehead atoms. The lowest BCUT2D eigenvalue weighted by molar-refractivity contribution is -0.133. The van der Waals surface area contributed by atoms with Crippen molar-refractivity contribution in [3.8, 4) is 11.5 Å². The number of likely N-dealkylation sites (tertiary alicyclic amines) is 1. The molecule has 1 heterocycles. The molecule has 2 aromatic carbocycles. The molecule has 1 saturated heterocycles. The molecule has 1 aliphatic rings. The van der Waals surface area contributed by atoms with Crippen LogP contribution in [0.4, 0.5) is 0 Å². The maximum atomic E-state index is 12.1. The van der Waals surface area contributed by atoms with Crippen molar-refractivity contribution in [2.45, 2.75) is 19.4 Å². The minimum atomic E-state index is 0.160. The number of ether oxygens (including phenoxy) is 2. The van der Waals surface area contributed by atoms with Gasteiger partial charge >= 0.3 is 0 Å². The summed E-state index contributed by atoms with van der Waals surface area (Å²) in [5.41, 5.74) is 2.01. The summed E-state index contributed by atoms with van der Waals surface area (Å²) in [6, 6.07) is 15.7. The molecule has 1 fully saturated rings. The van der Waals surface area contributed by atoms with Crippen molar-refractivity contribution < 1.29 is 14.3 Å². The second-order valence-corrected chi connectivity index (χ2v) is 5.66. The summed E-state index contributed by atoms with van der Waals surface area (Å²) in [7, 11) is 1.62. The minimum absolute atomic E-state index is 0.160. The lowest BCUT2D eigenvalue weighted by Crippen LogP contribution is -2.42. The molecule has 0 spiro atoms. The van der Waals surface area contributed by atoms with Gasteiger partial charge in [0.1, 0.15) is 18.1 Å². The second-order valence-electron chi connectivity index (χ2n) is 5.66. The third-order valence-corrected chi connectivity index (χ3v) is 4.06. The van der Waals surface area contributed by atoms with E-state index in [0.717, 1.165) is 36.4 Å². The van der Waals surface area contributed by atoms with E-state index in [-0.39, 0.29) is 5.91 Å². The van der Waals surface area contributed by atoms with Crippen LogP contribution in [-0.2, 0) is 17.8 Å². The van der Waals surface area contributed by atoms with Gasteiger partial charge in [-0.05, 0) is 18.1 Å². The van der Waals surface area contributed by atoms with Crippen molar-refractivity contribution in [1.82, 2.24) is 4.90 Å². The fraction of sp³-hybridized carbons (Fsp3) is 0.316. The molecular weight excluding hydrogens is 290 g/mol. The van der Waals surface area contributed by atoms with Gasteiger partial charge in [-0.2, -0.15) is 0 Å². The molecular formula is C19H21NO3. The summed E-state index contributed by atoms with van der Waals surface area (Å²) < 4.78 is 11.2. The quantitative estimate of drug-likeness (QED) is 0.823. The van der Waals surface area contributed by atoms with Gasteiger partial charge in [-0.3, -0.25) is 4.79 Å². The van der Waals surface area contributed by atoms with Gasteiger partial charge in [0.2, 0.25) is 5.91 Å². The van der Waals surface area contributed by atoms with Crippen LogP contribution < -0.4 is 9.47 Å². The highest BCUT2D eigenvalue weighted by atomic mass is 16.5. The van der Waals surface area contributed by atoms with Gasteiger partial charge in [0.15, 0.2) is 0 Å². The van der Waals surface area contributed by atoms with Gasteiger partial charge in [0, 0.05) is 24.7 Å². The number of methoxy groups -OCH3 is 1. The van der Waals surface area contributed by atoms with Crippen molar-refractivity contribution >= 4 is 5.91 Å². The average molecular weight is 311 g/mol. The Balaban J connectivity index is 1.65. The smallest absolute Gasteiger partial charge is 0.227 e. The topological polar surface area (TPSA) is 38.8 Å². The standard InChI is InChI=1S/C19H21NO3/c1-22-18-13-17(23-14-15-6-3-2-4-7-15)9-8-16(18)12-19(21)20-10-5-11-20/h2-4,6-9,13H,5,10-12,14H2,1H3. The first-order chi connectivity index (χ1) is 11.3. The molecule has 120 valence electrons. The normalized spacial score (nSPS) is 13.3. The van der Waals surface area contributed by atoms with Crippen LogP contribution >= 0.6 is 0 Å². The molecule has 4 nitrogen and oxygen atoms in total. The van der Waals surface area contributed by atoms with Gasteiger partial charge < -0.3 is 14.4 Å². The van der Waals surface area contributed by atoms with E-state index in [2.05, 4.69) is 0 Å². The van der Waals surface area contributed by atoms with Crippen molar-refractivity contribution in [2.75, 3.05) is 20.2 Å². The molecule has 3 rings (SSSR count). The van der Waals surface area contributed by atoms with E-state index in [1.54, 1.807) is 7.11 Å². The van der Waals surface area contributed by atoms with Crippen molar-refractivity contribution in [3.05, 3.63) is 59.7 Å². The first-order valence-corrected chi connectivity index (χ1v) is 7.87. The van der Waals surface area contributed by atoms with Crippen LogP contribution in [0.3, 0.4) is 0 Å². The Bertz CT molecular complexity index is 666. The highest BCUT2D eigenvalue weighted by molar-refractivity contribution is 5.80. The molecule has 1 amide bonds. The van der Waals surface area contributed by atoms with Crippen LogP contribution in [0.25, 0.3) is 0 Å². The van der Waals surface area contributed by atoms with Crippen LogP contribution in [0.2, 0.25) is 0 Å². The van der Waals surface area contributed by atoms with E-state index in [1.165, 1.54) is 0 Å². The van der Waals surface area contributed by atoms with Gasteiger partial charge in [0.25, 0.3) is 0 Å². The second kappa shape index (κ2) is 7.18. The van der Waals surface area contributed by atoms with Crippen LogP contribution in [0.5, 0.6) is 11.5 Å². The van der Waals surface area contributed by atoms with Crippen molar-refractivity contribution in [2.24, 2.45) is 0 Å². The van der Waals surface area contributed by atoms with E-state index in [0.29, 0.717) is 18.8 Å². The monoisotopic (exact) mass is 311 g/mol. The fourth-order valence-corrected chi connectivity index (χ4v) is 2.54. The Morgan fingerprint density at radius 3 is 2.57 bits per heavy atom. The highest BCUT2D eigenvalue weighted by Gasteiger charge is 2.21. The number of amides is 1. The van der Waals surface area contributed by atoms with Gasteiger partial charge in [-0.1, -0.05) is 36.4 Å². The van der Waals surface area contributed by atoms with Crippen LogP contribution in [0, 0.1) is 0 Å². The van der Waals surface area contributed by atoms with E-state index in [1.807, 2.05) is 53.4 Å². The molecule has 0 aliphatic carbocycles. The average Bonchev–Trinajstić information content (AvgIpc) is 2.53. The number of nitrogens with zero attached hydrogens (tertiary/aromatic N) is 1. The number of benzene rings is 2. The summed E-state index contributed by atoms with van der Waals surface area (Å²) in [6.07, 6.45) is 1.48. The maximum absolute atomic E-state index is 12.1. The molecule has 0 radical (unpaired) electrons. The molecule has 0 aromatic heterocycles. The van der Waals surface area contributed by atoms with E-state index in [9.17, 15) is 4.79 Å². The summed E-state index contributed by atoms with van der Waals surface area (Å²) in [5.74, 6) is 1.60. The molecule has 1 aliphatic heterocycles. The predicted octanol–water partition coefficient (Wildman–Crippen LogP) is 3.05. The molecule has 2 aromatic rings. The SMILES string of the molecule is COc1cc(OCc2ccccc2)ccc1CC(=O)N1CCC1. The first-order valence-electron chi connectivity index (χ1n) is 7.87. The molecule has 0 N–H and O–H groups in total. The lowest BCUT2D eigenvalue weighted by atomic mass is 10.1. The molecule has 23 heavy (non-hydrogen) atoms. The molecule has 0 unspecified atom stereocenters. The zero-order valence-corrected chi connectivity index (χ0v) is 13.3. The summed E-state index contributed by atoms with van der Waals surface area (Å²) in [5, 5.41) is 0. The van der Waals surface area contributed by atoms with E-state index < -0.39 is 0 Å². The summed E-state index contributed by atoms with van der Waals surface area (Å²) in [4.78, 5) is 14.0.